The van der Waals surface area contributed by atoms with Crippen molar-refractivity contribution >= 4 is 40.9 Å². The Bertz CT molecular complexity index is 1380. The minimum Gasteiger partial charge on any atom is -0.452 e. The number of rotatable bonds is 5. The highest BCUT2D eigenvalue weighted by Gasteiger charge is 2.31. The number of benzene rings is 3. The molecule has 0 bridgehead atoms. The van der Waals surface area contributed by atoms with Crippen molar-refractivity contribution in [3.8, 4) is 0 Å². The van der Waals surface area contributed by atoms with Crippen LogP contribution in [0.1, 0.15) is 42.2 Å². The standard InChI is InChI=1S/C26H20N2O7/c1-28(26(33)34-2)20-13-6-5-10-17(20)25(32)35-14-21(29)27-19-12-7-11-18-22(19)24(31)16-9-4-3-8-15(16)23(18)30/h3-13H,14H2,1-2H3,(H,27,29). The zero-order valence-electron chi connectivity index (χ0n) is 18.9. The third-order valence-corrected chi connectivity index (χ3v) is 5.49. The molecule has 35 heavy (non-hydrogen) atoms. The van der Waals surface area contributed by atoms with Gasteiger partial charge in [0, 0.05) is 23.7 Å². The molecule has 0 saturated carbocycles. The number of ketones is 2. The van der Waals surface area contributed by atoms with Gasteiger partial charge < -0.3 is 14.8 Å². The molecule has 9 nitrogen and oxygen atoms in total. The maximum Gasteiger partial charge on any atom is 0.413 e. The zero-order valence-corrected chi connectivity index (χ0v) is 18.9. The number of carbonyl (C=O) groups is 5. The van der Waals surface area contributed by atoms with E-state index in [1.807, 2.05) is 0 Å². The summed E-state index contributed by atoms with van der Waals surface area (Å²) in [5, 5.41) is 2.55. The maximum absolute atomic E-state index is 13.1. The molecular formula is C26H20N2O7. The van der Waals surface area contributed by atoms with Crippen LogP contribution in [0, 0.1) is 0 Å². The van der Waals surface area contributed by atoms with Gasteiger partial charge in [-0.2, -0.15) is 0 Å². The van der Waals surface area contributed by atoms with Gasteiger partial charge >= 0.3 is 12.1 Å². The Kier molecular flexibility index (Phi) is 6.41. The molecule has 0 fully saturated rings. The fourth-order valence-corrected chi connectivity index (χ4v) is 3.82. The summed E-state index contributed by atoms with van der Waals surface area (Å²) >= 11 is 0. The molecule has 9 heteroatoms. The number of fused-ring (bicyclic) bond motifs is 2. The van der Waals surface area contributed by atoms with Gasteiger partial charge in [0.05, 0.1) is 29.6 Å². The fourth-order valence-electron chi connectivity index (χ4n) is 3.82. The van der Waals surface area contributed by atoms with Gasteiger partial charge in [0.2, 0.25) is 0 Å². The van der Waals surface area contributed by atoms with E-state index in [1.165, 1.54) is 38.4 Å². The summed E-state index contributed by atoms with van der Waals surface area (Å²) in [5.74, 6) is -2.24. The van der Waals surface area contributed by atoms with Crippen LogP contribution in [0.5, 0.6) is 0 Å². The Morgan fingerprint density at radius 1 is 0.829 bits per heavy atom. The molecule has 1 aliphatic rings. The molecule has 4 rings (SSSR count). The minimum atomic E-state index is -0.832. The SMILES string of the molecule is COC(=O)N(C)c1ccccc1C(=O)OCC(=O)Nc1cccc2c1C(=O)c1ccccc1C2=O. The van der Waals surface area contributed by atoms with Crippen molar-refractivity contribution in [3.05, 3.63) is 94.5 Å². The van der Waals surface area contributed by atoms with Gasteiger partial charge in [0.15, 0.2) is 18.2 Å². The van der Waals surface area contributed by atoms with E-state index in [1.54, 1.807) is 42.5 Å². The van der Waals surface area contributed by atoms with E-state index in [0.717, 1.165) is 4.90 Å². The highest BCUT2D eigenvalue weighted by molar-refractivity contribution is 6.30. The van der Waals surface area contributed by atoms with E-state index in [9.17, 15) is 24.0 Å². The minimum absolute atomic E-state index is 0.0580. The molecule has 176 valence electrons. The Balaban J connectivity index is 1.50. The van der Waals surface area contributed by atoms with E-state index < -0.39 is 24.6 Å². The van der Waals surface area contributed by atoms with Gasteiger partial charge in [0.1, 0.15) is 0 Å². The number of methoxy groups -OCH3 is 1. The third-order valence-electron chi connectivity index (χ3n) is 5.49. The van der Waals surface area contributed by atoms with Gasteiger partial charge in [-0.3, -0.25) is 19.3 Å². The second kappa shape index (κ2) is 9.60. The van der Waals surface area contributed by atoms with E-state index in [4.69, 9.17) is 4.74 Å². The summed E-state index contributed by atoms with van der Waals surface area (Å²) < 4.78 is 9.80. The van der Waals surface area contributed by atoms with Crippen molar-refractivity contribution in [2.45, 2.75) is 0 Å². The van der Waals surface area contributed by atoms with Crippen LogP contribution < -0.4 is 10.2 Å². The number of hydrogen-bond donors (Lipinski definition) is 1. The Hall–Kier alpha value is -4.79. The predicted molar refractivity (Wildman–Crippen MR) is 126 cm³/mol. The number of esters is 1. The number of anilines is 2. The first kappa shape index (κ1) is 23.4. The fraction of sp³-hybridized carbons (Fsp3) is 0.115. The van der Waals surface area contributed by atoms with Gasteiger partial charge in [0.25, 0.3) is 5.91 Å². The highest BCUT2D eigenvalue weighted by atomic mass is 16.5. The Morgan fingerprint density at radius 2 is 1.46 bits per heavy atom. The van der Waals surface area contributed by atoms with E-state index in [-0.39, 0.29) is 45.2 Å². The molecule has 0 aromatic heterocycles. The summed E-state index contributed by atoms with van der Waals surface area (Å²) in [6.45, 7) is -0.655. The Labute approximate surface area is 200 Å². The lowest BCUT2D eigenvalue weighted by atomic mass is 9.83. The number of nitrogens with zero attached hydrogens (tertiary/aromatic N) is 1. The van der Waals surface area contributed by atoms with Crippen LogP contribution in [0.3, 0.4) is 0 Å². The summed E-state index contributed by atoms with van der Waals surface area (Å²) in [6.07, 6.45) is -0.683. The molecule has 0 aliphatic heterocycles. The molecule has 2 amide bonds. The smallest absolute Gasteiger partial charge is 0.413 e. The first-order chi connectivity index (χ1) is 16.8. The quantitative estimate of drug-likeness (QED) is 0.442. The zero-order chi connectivity index (χ0) is 25.1. The van der Waals surface area contributed by atoms with Crippen LogP contribution in [0.15, 0.2) is 66.7 Å². The van der Waals surface area contributed by atoms with Gasteiger partial charge in [-0.15, -0.1) is 0 Å². The van der Waals surface area contributed by atoms with Crippen molar-refractivity contribution in [1.82, 2.24) is 0 Å². The summed E-state index contributed by atoms with van der Waals surface area (Å²) in [5.41, 5.74) is 1.27. The first-order valence-electron chi connectivity index (χ1n) is 10.5. The van der Waals surface area contributed by atoms with Crippen molar-refractivity contribution in [1.29, 1.82) is 0 Å². The van der Waals surface area contributed by atoms with Gasteiger partial charge in [-0.25, -0.2) is 9.59 Å². The monoisotopic (exact) mass is 472 g/mol. The largest absolute Gasteiger partial charge is 0.452 e. The summed E-state index contributed by atoms with van der Waals surface area (Å²) in [4.78, 5) is 64.1. The van der Waals surface area contributed by atoms with Crippen LogP contribution in [0.4, 0.5) is 16.2 Å². The highest BCUT2D eigenvalue weighted by Crippen LogP contribution is 2.32. The summed E-state index contributed by atoms with van der Waals surface area (Å²) in [7, 11) is 2.64. The predicted octanol–water partition coefficient (Wildman–Crippen LogP) is 3.46. The molecule has 3 aromatic rings. The second-order valence-electron chi connectivity index (χ2n) is 7.60. The second-order valence-corrected chi connectivity index (χ2v) is 7.60. The number of amides is 2. The molecule has 3 aromatic carbocycles. The summed E-state index contributed by atoms with van der Waals surface area (Å²) in [6, 6.07) is 17.2. The molecule has 0 spiro atoms. The maximum atomic E-state index is 13.1. The van der Waals surface area contributed by atoms with Crippen LogP contribution in [-0.2, 0) is 14.3 Å². The van der Waals surface area contributed by atoms with E-state index in [0.29, 0.717) is 5.56 Å². The molecule has 1 aliphatic carbocycles. The lowest BCUT2D eigenvalue weighted by molar-refractivity contribution is -0.119. The van der Waals surface area contributed by atoms with Crippen molar-refractivity contribution in [3.63, 3.8) is 0 Å². The van der Waals surface area contributed by atoms with Gasteiger partial charge in [-0.05, 0) is 18.2 Å². The number of ether oxygens (including phenoxy) is 2. The molecule has 0 heterocycles. The van der Waals surface area contributed by atoms with Crippen LogP contribution in [-0.4, -0.2) is 50.3 Å². The van der Waals surface area contributed by atoms with Gasteiger partial charge in [-0.1, -0.05) is 48.5 Å². The first-order valence-corrected chi connectivity index (χ1v) is 10.5. The van der Waals surface area contributed by atoms with Crippen molar-refractivity contribution in [2.24, 2.45) is 0 Å². The lowest BCUT2D eigenvalue weighted by Crippen LogP contribution is -2.28. The van der Waals surface area contributed by atoms with E-state index >= 15 is 0 Å². The Morgan fingerprint density at radius 3 is 2.17 bits per heavy atom. The molecule has 0 atom stereocenters. The van der Waals surface area contributed by atoms with Crippen LogP contribution in [0.25, 0.3) is 0 Å². The normalized spacial score (nSPS) is 11.7. The molecule has 0 radical (unpaired) electrons. The van der Waals surface area contributed by atoms with Crippen molar-refractivity contribution in [2.75, 3.05) is 31.0 Å². The molecule has 0 unspecified atom stereocenters. The van der Waals surface area contributed by atoms with Crippen molar-refractivity contribution < 1.29 is 33.4 Å². The lowest BCUT2D eigenvalue weighted by Gasteiger charge is -2.20. The topological polar surface area (TPSA) is 119 Å². The molecule has 1 N–H and O–H groups in total. The number of para-hydroxylation sites is 1. The van der Waals surface area contributed by atoms with E-state index in [2.05, 4.69) is 10.1 Å². The average molecular weight is 472 g/mol. The molecular weight excluding hydrogens is 452 g/mol. The number of nitrogens with one attached hydrogen (secondary N) is 1. The average Bonchev–Trinajstić information content (AvgIpc) is 2.89. The third kappa shape index (κ3) is 4.39. The van der Waals surface area contributed by atoms with Crippen LogP contribution >= 0.6 is 0 Å². The number of carbonyl (C=O) groups excluding carboxylic acids is 5. The number of hydrogen-bond acceptors (Lipinski definition) is 7. The molecule has 0 saturated heterocycles. The van der Waals surface area contributed by atoms with Crippen LogP contribution in [0.2, 0.25) is 0 Å².